The smallest absolute Gasteiger partial charge is 0.264 e. The van der Waals surface area contributed by atoms with Crippen molar-refractivity contribution >= 4 is 39.1 Å². The summed E-state index contributed by atoms with van der Waals surface area (Å²) in [6.45, 7) is 3.46. The van der Waals surface area contributed by atoms with Gasteiger partial charge in [-0.2, -0.15) is 0 Å². The summed E-state index contributed by atoms with van der Waals surface area (Å²) in [5, 5.41) is 3.26. The van der Waals surface area contributed by atoms with Gasteiger partial charge in [-0.05, 0) is 73.5 Å². The summed E-state index contributed by atoms with van der Waals surface area (Å²) < 4.78 is 34.8. The van der Waals surface area contributed by atoms with Crippen LogP contribution in [0.2, 0.25) is 5.02 Å². The molecule has 0 aliphatic carbocycles. The summed E-state index contributed by atoms with van der Waals surface area (Å²) in [4.78, 5) is 28.4. The van der Waals surface area contributed by atoms with E-state index >= 15 is 0 Å². The largest absolute Gasteiger partial charge is 0.457 e. The van der Waals surface area contributed by atoms with Gasteiger partial charge in [0.15, 0.2) is 0 Å². The van der Waals surface area contributed by atoms with Gasteiger partial charge in [-0.15, -0.1) is 0 Å². The van der Waals surface area contributed by atoms with E-state index in [4.69, 9.17) is 16.3 Å². The summed E-state index contributed by atoms with van der Waals surface area (Å²) in [6, 6.07) is 29.7. The fraction of sp³-hybridized carbons (Fsp3) is 0.212. The fourth-order valence-electron chi connectivity index (χ4n) is 4.34. The van der Waals surface area contributed by atoms with Crippen molar-refractivity contribution in [3.05, 3.63) is 120 Å². The minimum atomic E-state index is -4.18. The summed E-state index contributed by atoms with van der Waals surface area (Å²) in [5.74, 6) is 0.218. The van der Waals surface area contributed by atoms with E-state index in [-0.39, 0.29) is 23.0 Å². The average Bonchev–Trinajstić information content (AvgIpc) is 3.03. The zero-order chi connectivity index (χ0) is 30.8. The normalized spacial score (nSPS) is 11.8. The van der Waals surface area contributed by atoms with Gasteiger partial charge in [0.2, 0.25) is 11.8 Å². The molecule has 43 heavy (non-hydrogen) atoms. The molecule has 0 aromatic heterocycles. The molecule has 0 spiro atoms. The number of anilines is 1. The fourth-order valence-corrected chi connectivity index (χ4v) is 5.97. The van der Waals surface area contributed by atoms with Gasteiger partial charge in [-0.1, -0.05) is 73.1 Å². The molecule has 0 fully saturated rings. The Hall–Kier alpha value is -4.34. The van der Waals surface area contributed by atoms with Gasteiger partial charge in [0.1, 0.15) is 24.1 Å². The Kier molecular flexibility index (Phi) is 10.8. The van der Waals surface area contributed by atoms with Crippen LogP contribution in [0.15, 0.2) is 114 Å². The maximum absolute atomic E-state index is 14.0. The lowest BCUT2D eigenvalue weighted by Gasteiger charge is -2.32. The number of carbonyl (C=O) groups is 2. The number of para-hydroxylation sites is 1. The van der Waals surface area contributed by atoms with E-state index < -0.39 is 28.5 Å². The van der Waals surface area contributed by atoms with Crippen LogP contribution in [0.25, 0.3) is 0 Å². The maximum atomic E-state index is 14.0. The SMILES string of the molecule is CCCNC(=O)[C@@H](C)N(Cc1ccccc1Cl)C(=O)CN(c1ccc(Oc2ccccc2)cc1)S(=O)(=O)c1ccccc1. The first-order chi connectivity index (χ1) is 20.7. The lowest BCUT2D eigenvalue weighted by atomic mass is 10.1. The Morgan fingerprint density at radius 1 is 0.837 bits per heavy atom. The first-order valence-electron chi connectivity index (χ1n) is 13.9. The number of benzene rings is 4. The lowest BCUT2D eigenvalue weighted by Crippen LogP contribution is -2.51. The second-order valence-electron chi connectivity index (χ2n) is 9.81. The van der Waals surface area contributed by atoms with Crippen molar-refractivity contribution in [3.8, 4) is 11.5 Å². The standard InChI is InChI=1S/C33H34ClN3O5S/c1-3-22-35-33(39)25(2)36(23-26-12-10-11-17-31(26)34)32(38)24-37(43(40,41)30-15-8-5-9-16-30)27-18-20-29(21-19-27)42-28-13-6-4-7-14-28/h4-21,25H,3,22-24H2,1-2H3,(H,35,39)/t25-/m1/s1. The summed E-state index contributed by atoms with van der Waals surface area (Å²) in [7, 11) is -4.18. The third kappa shape index (κ3) is 8.15. The second-order valence-corrected chi connectivity index (χ2v) is 12.1. The number of halogens is 1. The summed E-state index contributed by atoms with van der Waals surface area (Å²) in [5.41, 5.74) is 0.894. The lowest BCUT2D eigenvalue weighted by molar-refractivity contribution is -0.139. The number of nitrogens with zero attached hydrogens (tertiary/aromatic N) is 2. The molecule has 1 N–H and O–H groups in total. The Morgan fingerprint density at radius 2 is 1.42 bits per heavy atom. The molecule has 1 atom stereocenters. The van der Waals surface area contributed by atoms with Crippen molar-refractivity contribution in [2.75, 3.05) is 17.4 Å². The number of hydrogen-bond donors (Lipinski definition) is 1. The van der Waals surface area contributed by atoms with Crippen LogP contribution in [0.5, 0.6) is 11.5 Å². The zero-order valence-corrected chi connectivity index (χ0v) is 25.6. The predicted molar refractivity (Wildman–Crippen MR) is 169 cm³/mol. The van der Waals surface area contributed by atoms with Crippen molar-refractivity contribution in [2.24, 2.45) is 0 Å². The Bertz CT molecular complexity index is 1620. The highest BCUT2D eigenvalue weighted by atomic mass is 35.5. The molecule has 4 aromatic carbocycles. The third-order valence-electron chi connectivity index (χ3n) is 6.73. The van der Waals surface area contributed by atoms with E-state index in [9.17, 15) is 18.0 Å². The van der Waals surface area contributed by atoms with E-state index in [1.807, 2.05) is 37.3 Å². The molecule has 0 heterocycles. The van der Waals surface area contributed by atoms with Gasteiger partial charge < -0.3 is 15.0 Å². The molecule has 0 aliphatic rings. The Labute approximate surface area is 257 Å². The number of amides is 2. The van der Waals surface area contributed by atoms with Crippen LogP contribution in [0.3, 0.4) is 0 Å². The topological polar surface area (TPSA) is 96.0 Å². The molecule has 0 bridgehead atoms. The van der Waals surface area contributed by atoms with Crippen LogP contribution in [-0.2, 0) is 26.2 Å². The number of sulfonamides is 1. The predicted octanol–water partition coefficient (Wildman–Crippen LogP) is 6.27. The van der Waals surface area contributed by atoms with Crippen LogP contribution < -0.4 is 14.4 Å². The van der Waals surface area contributed by atoms with Gasteiger partial charge in [0, 0.05) is 18.1 Å². The number of ether oxygens (including phenoxy) is 1. The highest BCUT2D eigenvalue weighted by molar-refractivity contribution is 7.92. The number of rotatable bonds is 13. The molecule has 2 amide bonds. The quantitative estimate of drug-likeness (QED) is 0.190. The molecule has 0 saturated heterocycles. The minimum absolute atomic E-state index is 0.0162. The summed E-state index contributed by atoms with van der Waals surface area (Å²) in [6.07, 6.45) is 0.726. The molecule has 4 aromatic rings. The van der Waals surface area contributed by atoms with E-state index in [0.29, 0.717) is 28.6 Å². The molecule has 0 saturated carbocycles. The molecular weight excluding hydrogens is 586 g/mol. The van der Waals surface area contributed by atoms with E-state index in [2.05, 4.69) is 5.32 Å². The van der Waals surface area contributed by atoms with Crippen LogP contribution in [0, 0.1) is 0 Å². The first kappa shape index (κ1) is 31.6. The van der Waals surface area contributed by atoms with E-state index in [0.717, 1.165) is 10.7 Å². The monoisotopic (exact) mass is 619 g/mol. The molecular formula is C33H34ClN3O5S. The van der Waals surface area contributed by atoms with Crippen molar-refractivity contribution in [1.82, 2.24) is 10.2 Å². The molecule has 0 aliphatic heterocycles. The molecule has 8 nitrogen and oxygen atoms in total. The highest BCUT2D eigenvalue weighted by Crippen LogP contribution is 2.29. The van der Waals surface area contributed by atoms with Gasteiger partial charge in [0.05, 0.1) is 10.6 Å². The van der Waals surface area contributed by atoms with E-state index in [1.165, 1.54) is 17.0 Å². The van der Waals surface area contributed by atoms with Crippen molar-refractivity contribution < 1.29 is 22.7 Å². The Morgan fingerprint density at radius 3 is 2.05 bits per heavy atom. The molecule has 0 radical (unpaired) electrons. The van der Waals surface area contributed by atoms with E-state index in [1.54, 1.807) is 73.7 Å². The van der Waals surface area contributed by atoms with Crippen LogP contribution in [0.4, 0.5) is 5.69 Å². The number of hydrogen-bond acceptors (Lipinski definition) is 5. The van der Waals surface area contributed by atoms with Crippen molar-refractivity contribution in [1.29, 1.82) is 0 Å². The van der Waals surface area contributed by atoms with Gasteiger partial charge in [0.25, 0.3) is 10.0 Å². The van der Waals surface area contributed by atoms with Gasteiger partial charge >= 0.3 is 0 Å². The first-order valence-corrected chi connectivity index (χ1v) is 15.7. The molecule has 224 valence electrons. The van der Waals surface area contributed by atoms with Crippen LogP contribution >= 0.6 is 11.6 Å². The van der Waals surface area contributed by atoms with Gasteiger partial charge in [-0.25, -0.2) is 8.42 Å². The van der Waals surface area contributed by atoms with Crippen molar-refractivity contribution in [3.63, 3.8) is 0 Å². The van der Waals surface area contributed by atoms with Crippen LogP contribution in [0.1, 0.15) is 25.8 Å². The van der Waals surface area contributed by atoms with Crippen LogP contribution in [-0.4, -0.2) is 44.3 Å². The number of carbonyl (C=O) groups excluding carboxylic acids is 2. The molecule has 10 heteroatoms. The summed E-state index contributed by atoms with van der Waals surface area (Å²) >= 11 is 6.41. The van der Waals surface area contributed by atoms with Gasteiger partial charge in [-0.3, -0.25) is 13.9 Å². The average molecular weight is 620 g/mol. The highest BCUT2D eigenvalue weighted by Gasteiger charge is 2.32. The van der Waals surface area contributed by atoms with Crippen molar-refractivity contribution in [2.45, 2.75) is 37.8 Å². The zero-order valence-electron chi connectivity index (χ0n) is 24.0. The minimum Gasteiger partial charge on any atom is -0.457 e. The molecule has 4 rings (SSSR count). The number of nitrogens with one attached hydrogen (secondary N) is 1. The third-order valence-corrected chi connectivity index (χ3v) is 8.89. The second kappa shape index (κ2) is 14.7. The Balaban J connectivity index is 1.69. The maximum Gasteiger partial charge on any atom is 0.264 e. The molecule has 0 unspecified atom stereocenters.